The van der Waals surface area contributed by atoms with Gasteiger partial charge in [0.2, 0.25) is 0 Å². The first-order chi connectivity index (χ1) is 11.5. The Balaban J connectivity index is -0.000000120. The van der Waals surface area contributed by atoms with Crippen LogP contribution in [0.5, 0.6) is 0 Å². The SMILES string of the molecule is CC(C)CCCCCCCCCCCCCCC=O.CCC(=O)O.[H-].[H-].[Na+].[Na+]. The molecule has 0 aliphatic heterocycles. The first kappa shape index (κ1) is 34.6. The molecular formula is C21H44Na2O3. The van der Waals surface area contributed by atoms with E-state index in [0.29, 0.717) is 0 Å². The second-order valence-electron chi connectivity index (χ2n) is 7.13. The molecule has 0 bridgehead atoms. The van der Waals surface area contributed by atoms with Gasteiger partial charge >= 0.3 is 65.1 Å². The predicted octanol–water partition coefficient (Wildman–Crippen LogP) is 1.02. The summed E-state index contributed by atoms with van der Waals surface area (Å²) in [5.74, 6) is 0.136. The summed E-state index contributed by atoms with van der Waals surface area (Å²) >= 11 is 0. The maximum absolute atomic E-state index is 10.1. The standard InChI is InChI=1S/C18H36O.C3H6O2.2Na.2H/c1-18(2)16-14-12-10-8-6-4-3-5-7-9-11-13-15-17-19;1-2-3(4)5;;;;/h17-18H,3-16H2,1-2H3;2H2,1H3,(H,4,5);;;;/q;;2*+1;2*-1. The molecule has 26 heavy (non-hydrogen) atoms. The molecule has 0 heterocycles. The molecular weight excluding hydrogens is 346 g/mol. The average Bonchev–Trinajstić information content (AvgIpc) is 2.55. The number of carbonyl (C=O) groups is 2. The Kier molecular flexibility index (Phi) is 41.1. The molecule has 0 saturated heterocycles. The number of hydrogen-bond acceptors (Lipinski definition) is 2. The number of rotatable bonds is 16. The normalized spacial score (nSPS) is 9.54. The average molecular weight is 391 g/mol. The van der Waals surface area contributed by atoms with E-state index in [2.05, 4.69) is 13.8 Å². The largest absolute Gasteiger partial charge is 1.00 e. The summed E-state index contributed by atoms with van der Waals surface area (Å²) in [6.07, 6.45) is 19.9. The summed E-state index contributed by atoms with van der Waals surface area (Å²) in [5.41, 5.74) is 0. The van der Waals surface area contributed by atoms with Crippen LogP contribution in [-0.4, -0.2) is 17.4 Å². The Morgan fingerprint density at radius 3 is 1.38 bits per heavy atom. The summed E-state index contributed by atoms with van der Waals surface area (Å²) in [5, 5.41) is 7.72. The van der Waals surface area contributed by atoms with Crippen molar-refractivity contribution in [2.75, 3.05) is 0 Å². The Morgan fingerprint density at radius 1 is 0.808 bits per heavy atom. The van der Waals surface area contributed by atoms with Crippen molar-refractivity contribution in [1.82, 2.24) is 0 Å². The molecule has 0 unspecified atom stereocenters. The van der Waals surface area contributed by atoms with Crippen molar-refractivity contribution in [3.8, 4) is 0 Å². The molecule has 0 spiro atoms. The number of aldehydes is 1. The van der Waals surface area contributed by atoms with Crippen LogP contribution in [0.4, 0.5) is 0 Å². The summed E-state index contributed by atoms with van der Waals surface area (Å²) in [6, 6.07) is 0. The maximum Gasteiger partial charge on any atom is 1.00 e. The molecule has 0 aromatic heterocycles. The van der Waals surface area contributed by atoms with E-state index >= 15 is 0 Å². The van der Waals surface area contributed by atoms with Crippen molar-refractivity contribution in [3.63, 3.8) is 0 Å². The fraction of sp³-hybridized carbons (Fsp3) is 0.905. The molecule has 0 fully saturated rings. The van der Waals surface area contributed by atoms with Gasteiger partial charge in [0.05, 0.1) is 0 Å². The third kappa shape index (κ3) is 40.0. The van der Waals surface area contributed by atoms with Gasteiger partial charge in [-0.2, -0.15) is 0 Å². The van der Waals surface area contributed by atoms with Crippen LogP contribution in [0.25, 0.3) is 0 Å². The molecule has 0 aromatic rings. The van der Waals surface area contributed by atoms with Crippen LogP contribution in [0, 0.1) is 5.92 Å². The Bertz CT molecular complexity index is 282. The van der Waals surface area contributed by atoms with Crippen LogP contribution in [0.3, 0.4) is 0 Å². The van der Waals surface area contributed by atoms with E-state index in [0.717, 1.165) is 25.0 Å². The molecule has 0 aliphatic carbocycles. The summed E-state index contributed by atoms with van der Waals surface area (Å²) in [4.78, 5) is 19.5. The molecule has 3 nitrogen and oxygen atoms in total. The quantitative estimate of drug-likeness (QED) is 0.243. The Labute approximate surface area is 210 Å². The van der Waals surface area contributed by atoms with Crippen LogP contribution in [0.15, 0.2) is 0 Å². The van der Waals surface area contributed by atoms with Gasteiger partial charge in [0.1, 0.15) is 6.29 Å². The smallest absolute Gasteiger partial charge is 1.00 e. The Morgan fingerprint density at radius 2 is 1.12 bits per heavy atom. The third-order valence-electron chi connectivity index (χ3n) is 4.16. The molecule has 0 radical (unpaired) electrons. The summed E-state index contributed by atoms with van der Waals surface area (Å²) < 4.78 is 0. The topological polar surface area (TPSA) is 54.4 Å². The fourth-order valence-corrected chi connectivity index (χ4v) is 2.55. The first-order valence-corrected chi connectivity index (χ1v) is 10.2. The number of unbranched alkanes of at least 4 members (excludes halogenated alkanes) is 12. The van der Waals surface area contributed by atoms with Gasteiger partial charge in [-0.05, 0) is 12.3 Å². The van der Waals surface area contributed by atoms with E-state index in [1.54, 1.807) is 6.92 Å². The van der Waals surface area contributed by atoms with Crippen molar-refractivity contribution in [2.24, 2.45) is 5.92 Å². The number of carboxylic acid groups (broad SMARTS) is 1. The van der Waals surface area contributed by atoms with Crippen molar-refractivity contribution in [3.05, 3.63) is 0 Å². The van der Waals surface area contributed by atoms with Gasteiger partial charge in [-0.3, -0.25) is 4.79 Å². The molecule has 0 atom stereocenters. The minimum Gasteiger partial charge on any atom is -1.00 e. The molecule has 0 aliphatic rings. The number of carbonyl (C=O) groups excluding carboxylic acids is 1. The van der Waals surface area contributed by atoms with Gasteiger partial charge < -0.3 is 12.8 Å². The van der Waals surface area contributed by atoms with Gasteiger partial charge in [-0.15, -0.1) is 0 Å². The van der Waals surface area contributed by atoms with E-state index in [1.807, 2.05) is 0 Å². The zero-order valence-electron chi connectivity index (χ0n) is 20.5. The monoisotopic (exact) mass is 390 g/mol. The van der Waals surface area contributed by atoms with Crippen LogP contribution >= 0.6 is 0 Å². The van der Waals surface area contributed by atoms with Crippen molar-refractivity contribution in [1.29, 1.82) is 0 Å². The van der Waals surface area contributed by atoms with Gasteiger partial charge in [0.15, 0.2) is 0 Å². The molecule has 0 amide bonds. The van der Waals surface area contributed by atoms with Crippen molar-refractivity contribution in [2.45, 2.75) is 117 Å². The van der Waals surface area contributed by atoms with Gasteiger partial charge in [-0.25, -0.2) is 0 Å². The van der Waals surface area contributed by atoms with Gasteiger partial charge in [-0.1, -0.05) is 97.8 Å². The van der Waals surface area contributed by atoms with E-state index in [1.165, 1.54) is 77.0 Å². The second-order valence-corrected chi connectivity index (χ2v) is 7.13. The first-order valence-electron chi connectivity index (χ1n) is 10.2. The minimum atomic E-state index is -0.745. The van der Waals surface area contributed by atoms with Crippen LogP contribution in [0.2, 0.25) is 0 Å². The van der Waals surface area contributed by atoms with Gasteiger partial charge in [0.25, 0.3) is 0 Å². The third-order valence-corrected chi connectivity index (χ3v) is 4.16. The van der Waals surface area contributed by atoms with Crippen LogP contribution in [0.1, 0.15) is 120 Å². The molecule has 0 aromatic carbocycles. The summed E-state index contributed by atoms with van der Waals surface area (Å²) in [7, 11) is 0. The zero-order chi connectivity index (χ0) is 18.5. The molecule has 5 heteroatoms. The molecule has 0 saturated carbocycles. The van der Waals surface area contributed by atoms with Crippen LogP contribution < -0.4 is 59.1 Å². The fourth-order valence-electron chi connectivity index (χ4n) is 2.55. The van der Waals surface area contributed by atoms with Crippen LogP contribution in [-0.2, 0) is 9.59 Å². The zero-order valence-corrected chi connectivity index (χ0v) is 22.5. The van der Waals surface area contributed by atoms with E-state index in [-0.39, 0.29) is 68.4 Å². The number of hydrogen-bond donors (Lipinski definition) is 1. The Hall–Kier alpha value is 1.14. The number of carboxylic acids is 1. The number of aliphatic carboxylic acids is 1. The molecule has 1 N–H and O–H groups in total. The van der Waals surface area contributed by atoms with E-state index in [9.17, 15) is 9.59 Å². The van der Waals surface area contributed by atoms with E-state index < -0.39 is 5.97 Å². The van der Waals surface area contributed by atoms with Crippen molar-refractivity contribution < 1.29 is 76.7 Å². The van der Waals surface area contributed by atoms with Crippen molar-refractivity contribution >= 4 is 12.3 Å². The molecule has 148 valence electrons. The minimum absolute atomic E-state index is 0. The summed E-state index contributed by atoms with van der Waals surface area (Å²) in [6.45, 7) is 6.24. The predicted molar refractivity (Wildman–Crippen MR) is 106 cm³/mol. The van der Waals surface area contributed by atoms with E-state index in [4.69, 9.17) is 5.11 Å². The maximum atomic E-state index is 10.1. The van der Waals surface area contributed by atoms with Gasteiger partial charge in [0, 0.05) is 12.8 Å². The molecule has 0 rings (SSSR count). The second kappa shape index (κ2) is 30.9.